The van der Waals surface area contributed by atoms with Gasteiger partial charge >= 0.3 is 5.97 Å². The van der Waals surface area contributed by atoms with Gasteiger partial charge in [0.15, 0.2) is 5.01 Å². The van der Waals surface area contributed by atoms with Crippen LogP contribution in [0.4, 0.5) is 0 Å². The summed E-state index contributed by atoms with van der Waals surface area (Å²) in [5.41, 5.74) is 1.48. The first-order chi connectivity index (χ1) is 17.1. The van der Waals surface area contributed by atoms with E-state index in [1.165, 1.54) is 18.4 Å². The van der Waals surface area contributed by atoms with Gasteiger partial charge in [0, 0.05) is 40.1 Å². The molecule has 1 aliphatic carbocycles. The smallest absolute Gasteiger partial charge is 0.310 e. The maximum atomic E-state index is 13.3. The maximum absolute atomic E-state index is 13.3. The fraction of sp³-hybridized carbons (Fsp3) is 0.538. The van der Waals surface area contributed by atoms with Gasteiger partial charge in [-0.05, 0) is 58.6 Å². The average Bonchev–Trinajstić information content (AvgIpc) is 3.46. The summed E-state index contributed by atoms with van der Waals surface area (Å²) in [6.07, 6.45) is 2.68. The Morgan fingerprint density at radius 3 is 2.56 bits per heavy atom. The van der Waals surface area contributed by atoms with Crippen LogP contribution in [0.1, 0.15) is 56.3 Å². The van der Waals surface area contributed by atoms with Gasteiger partial charge in [0.25, 0.3) is 5.91 Å². The molecule has 2 amide bonds. The standard InChI is InChI=1S/C26H33ClN4O4S/c1-26(2,3)30-17-9-10-21(18(13-17)25(34)35-4)31-12-11-19(24(31)33)28-22(32)23-29-20(14-36-23)15-5-7-16(27)8-6-15/h5-8,14,17-19,21,30H,9-13H2,1-4H3,(H,28,32)/t17-,18-,19?,21+/m1/s1. The molecule has 4 atom stereocenters. The molecule has 1 saturated heterocycles. The minimum Gasteiger partial charge on any atom is -0.469 e. The molecule has 10 heteroatoms. The van der Waals surface area contributed by atoms with Crippen LogP contribution >= 0.6 is 22.9 Å². The predicted octanol–water partition coefficient (Wildman–Crippen LogP) is 3.89. The van der Waals surface area contributed by atoms with E-state index < -0.39 is 12.0 Å². The first-order valence-electron chi connectivity index (χ1n) is 12.2. The van der Waals surface area contributed by atoms with Gasteiger partial charge in [0.05, 0.1) is 18.7 Å². The summed E-state index contributed by atoms with van der Waals surface area (Å²) >= 11 is 7.18. The van der Waals surface area contributed by atoms with Crippen LogP contribution in [-0.2, 0) is 14.3 Å². The SMILES string of the molecule is COC(=O)[C@@H]1C[C@H](NC(C)(C)C)CC[C@@H]1N1CCC(NC(=O)c2nc(-c3ccc(Cl)cc3)cs2)C1=O. The molecule has 36 heavy (non-hydrogen) atoms. The van der Waals surface area contributed by atoms with E-state index in [-0.39, 0.29) is 35.4 Å². The van der Waals surface area contributed by atoms with Crippen molar-refractivity contribution in [3.05, 3.63) is 39.7 Å². The lowest BCUT2D eigenvalue weighted by molar-refractivity contribution is -0.151. The highest BCUT2D eigenvalue weighted by Crippen LogP contribution is 2.33. The van der Waals surface area contributed by atoms with Crippen LogP contribution in [0, 0.1) is 5.92 Å². The third kappa shape index (κ3) is 6.07. The molecule has 2 fully saturated rings. The number of rotatable bonds is 6. The molecule has 0 spiro atoms. The van der Waals surface area contributed by atoms with Crippen molar-refractivity contribution in [2.75, 3.05) is 13.7 Å². The Hall–Kier alpha value is -2.49. The van der Waals surface area contributed by atoms with E-state index in [1.807, 2.05) is 17.5 Å². The van der Waals surface area contributed by atoms with Crippen molar-refractivity contribution in [2.24, 2.45) is 5.92 Å². The number of hydrogen-bond acceptors (Lipinski definition) is 7. The highest BCUT2D eigenvalue weighted by Gasteiger charge is 2.45. The second-order valence-electron chi connectivity index (χ2n) is 10.5. The zero-order valence-corrected chi connectivity index (χ0v) is 22.6. The van der Waals surface area contributed by atoms with Crippen molar-refractivity contribution >= 4 is 40.7 Å². The summed E-state index contributed by atoms with van der Waals surface area (Å²) in [7, 11) is 1.39. The number of hydrogen-bond donors (Lipinski definition) is 2. The monoisotopic (exact) mass is 532 g/mol. The van der Waals surface area contributed by atoms with Gasteiger partial charge in [-0.2, -0.15) is 0 Å². The Morgan fingerprint density at radius 2 is 1.89 bits per heavy atom. The Morgan fingerprint density at radius 1 is 1.17 bits per heavy atom. The van der Waals surface area contributed by atoms with E-state index in [0.29, 0.717) is 41.5 Å². The zero-order valence-electron chi connectivity index (χ0n) is 21.0. The molecular formula is C26H33ClN4O4S. The summed E-state index contributed by atoms with van der Waals surface area (Å²) < 4.78 is 5.10. The van der Waals surface area contributed by atoms with Gasteiger partial charge in [-0.25, -0.2) is 4.98 Å². The number of nitrogens with zero attached hydrogens (tertiary/aromatic N) is 2. The van der Waals surface area contributed by atoms with Gasteiger partial charge in [0.2, 0.25) is 5.91 Å². The molecular weight excluding hydrogens is 500 g/mol. The molecule has 194 valence electrons. The number of likely N-dealkylation sites (tertiary alicyclic amines) is 1. The first-order valence-corrected chi connectivity index (χ1v) is 13.5. The number of nitrogens with one attached hydrogen (secondary N) is 2. The quantitative estimate of drug-likeness (QED) is 0.547. The summed E-state index contributed by atoms with van der Waals surface area (Å²) in [5.74, 6) is -1.22. The van der Waals surface area contributed by atoms with E-state index in [0.717, 1.165) is 12.0 Å². The molecule has 1 aromatic heterocycles. The fourth-order valence-electron chi connectivity index (χ4n) is 5.19. The molecule has 2 aliphatic rings. The van der Waals surface area contributed by atoms with Crippen LogP contribution in [0.3, 0.4) is 0 Å². The number of aromatic nitrogens is 1. The lowest BCUT2D eigenvalue weighted by atomic mass is 9.80. The Labute approximate surface area is 220 Å². The van der Waals surface area contributed by atoms with Crippen molar-refractivity contribution in [2.45, 2.75) is 70.1 Å². The summed E-state index contributed by atoms with van der Waals surface area (Å²) in [6, 6.07) is 6.55. The molecule has 4 rings (SSSR count). The molecule has 1 unspecified atom stereocenters. The lowest BCUT2D eigenvalue weighted by Crippen LogP contribution is -2.55. The van der Waals surface area contributed by atoms with Gasteiger partial charge in [-0.15, -0.1) is 11.3 Å². The van der Waals surface area contributed by atoms with Crippen molar-refractivity contribution in [3.8, 4) is 11.3 Å². The maximum Gasteiger partial charge on any atom is 0.310 e. The summed E-state index contributed by atoms with van der Waals surface area (Å²) in [5, 5.41) is 9.17. The average molecular weight is 533 g/mol. The van der Waals surface area contributed by atoms with Crippen molar-refractivity contribution in [3.63, 3.8) is 0 Å². The Kier molecular flexibility index (Phi) is 8.02. The molecule has 1 aromatic carbocycles. The number of esters is 1. The van der Waals surface area contributed by atoms with Crippen molar-refractivity contribution in [1.82, 2.24) is 20.5 Å². The molecule has 2 N–H and O–H groups in total. The summed E-state index contributed by atoms with van der Waals surface area (Å²) in [4.78, 5) is 45.1. The van der Waals surface area contributed by atoms with E-state index in [1.54, 1.807) is 17.0 Å². The fourth-order valence-corrected chi connectivity index (χ4v) is 6.05. The Balaban J connectivity index is 1.40. The van der Waals surface area contributed by atoms with E-state index in [4.69, 9.17) is 16.3 Å². The molecule has 1 aliphatic heterocycles. The number of methoxy groups -OCH3 is 1. The normalized spacial score (nSPS) is 24.6. The number of halogens is 1. The first kappa shape index (κ1) is 26.6. The van der Waals surface area contributed by atoms with Gasteiger partial charge < -0.3 is 20.3 Å². The molecule has 8 nitrogen and oxygen atoms in total. The highest BCUT2D eigenvalue weighted by atomic mass is 35.5. The highest BCUT2D eigenvalue weighted by molar-refractivity contribution is 7.12. The third-order valence-corrected chi connectivity index (χ3v) is 7.83. The van der Waals surface area contributed by atoms with Crippen LogP contribution in [0.15, 0.2) is 29.6 Å². The van der Waals surface area contributed by atoms with Crippen LogP contribution in [-0.4, -0.2) is 65.0 Å². The molecule has 0 radical (unpaired) electrons. The van der Waals surface area contributed by atoms with E-state index in [2.05, 4.69) is 36.4 Å². The van der Waals surface area contributed by atoms with Crippen LogP contribution < -0.4 is 10.6 Å². The number of amides is 2. The van der Waals surface area contributed by atoms with Crippen LogP contribution in [0.5, 0.6) is 0 Å². The minimum atomic E-state index is -0.635. The third-order valence-electron chi connectivity index (χ3n) is 6.74. The zero-order chi connectivity index (χ0) is 26.0. The Bertz CT molecular complexity index is 1110. The molecule has 1 saturated carbocycles. The number of thiazole rings is 1. The minimum absolute atomic E-state index is 0.0692. The number of carbonyl (C=O) groups excluding carboxylic acids is 3. The number of benzene rings is 1. The molecule has 2 heterocycles. The van der Waals surface area contributed by atoms with Crippen molar-refractivity contribution in [1.29, 1.82) is 0 Å². The van der Waals surface area contributed by atoms with Crippen LogP contribution in [0.2, 0.25) is 5.02 Å². The van der Waals surface area contributed by atoms with Gasteiger partial charge in [-0.1, -0.05) is 23.7 Å². The van der Waals surface area contributed by atoms with Crippen LogP contribution in [0.25, 0.3) is 11.3 Å². The second-order valence-corrected chi connectivity index (χ2v) is 11.8. The predicted molar refractivity (Wildman–Crippen MR) is 140 cm³/mol. The topological polar surface area (TPSA) is 101 Å². The van der Waals surface area contributed by atoms with E-state index in [9.17, 15) is 14.4 Å². The van der Waals surface area contributed by atoms with E-state index >= 15 is 0 Å². The molecule has 0 bridgehead atoms. The van der Waals surface area contributed by atoms with Gasteiger partial charge in [0.1, 0.15) is 6.04 Å². The number of carbonyl (C=O) groups is 3. The number of ether oxygens (including phenoxy) is 1. The molecule has 2 aromatic rings. The van der Waals surface area contributed by atoms with Crippen molar-refractivity contribution < 1.29 is 19.1 Å². The largest absolute Gasteiger partial charge is 0.469 e. The lowest BCUT2D eigenvalue weighted by Gasteiger charge is -2.41. The summed E-state index contributed by atoms with van der Waals surface area (Å²) in [6.45, 7) is 6.80. The van der Waals surface area contributed by atoms with Gasteiger partial charge in [-0.3, -0.25) is 14.4 Å². The second kappa shape index (κ2) is 10.9.